The number of rotatable bonds is 6. The fourth-order valence-electron chi connectivity index (χ4n) is 2.36. The molecule has 0 aliphatic carbocycles. The van der Waals surface area contributed by atoms with E-state index in [1.807, 2.05) is 0 Å². The van der Waals surface area contributed by atoms with Gasteiger partial charge in [-0.2, -0.15) is 4.31 Å². The van der Waals surface area contributed by atoms with Crippen molar-refractivity contribution in [2.75, 3.05) is 46.8 Å². The smallest absolute Gasteiger partial charge is 0.253 e. The van der Waals surface area contributed by atoms with Crippen LogP contribution in [-0.4, -0.2) is 76.3 Å². The van der Waals surface area contributed by atoms with Crippen LogP contribution in [0.15, 0.2) is 29.2 Å². The number of piperazine rings is 1. The number of likely N-dealkylation sites (N-methyl/N-ethyl adjacent to an activating group) is 2. The van der Waals surface area contributed by atoms with E-state index in [0.717, 1.165) is 4.31 Å². The van der Waals surface area contributed by atoms with Gasteiger partial charge in [-0.05, 0) is 25.2 Å². The summed E-state index contributed by atoms with van der Waals surface area (Å²) in [6.45, 7) is 1.45. The van der Waals surface area contributed by atoms with E-state index in [1.165, 1.54) is 23.1 Å². The van der Waals surface area contributed by atoms with Crippen LogP contribution in [0.1, 0.15) is 10.4 Å². The Morgan fingerprint density at radius 1 is 1.42 bits per heavy atom. The summed E-state index contributed by atoms with van der Waals surface area (Å²) in [5, 5.41) is 5.54. The van der Waals surface area contributed by atoms with Gasteiger partial charge in [-0.15, -0.1) is 0 Å². The zero-order valence-electron chi connectivity index (χ0n) is 13.8. The van der Waals surface area contributed by atoms with Gasteiger partial charge in [0.05, 0.1) is 11.4 Å². The molecule has 1 aliphatic heterocycles. The van der Waals surface area contributed by atoms with Crippen LogP contribution in [0.25, 0.3) is 0 Å². The number of nitrogens with zero attached hydrogens (tertiary/aromatic N) is 2. The van der Waals surface area contributed by atoms with Gasteiger partial charge in [0, 0.05) is 38.8 Å². The van der Waals surface area contributed by atoms with Crippen LogP contribution in [0.3, 0.4) is 0 Å². The highest BCUT2D eigenvalue weighted by molar-refractivity contribution is 7.89. The molecule has 9 heteroatoms. The lowest BCUT2D eigenvalue weighted by Gasteiger charge is -2.26. The summed E-state index contributed by atoms with van der Waals surface area (Å²) in [4.78, 5) is 25.4. The van der Waals surface area contributed by atoms with Crippen molar-refractivity contribution in [1.29, 1.82) is 0 Å². The minimum atomic E-state index is -3.80. The number of sulfonamides is 1. The number of benzene rings is 1. The summed E-state index contributed by atoms with van der Waals surface area (Å²) < 4.78 is 26.4. The molecular formula is C15H22N4O4S. The van der Waals surface area contributed by atoms with E-state index in [0.29, 0.717) is 18.7 Å². The van der Waals surface area contributed by atoms with Crippen LogP contribution in [0, 0.1) is 0 Å². The van der Waals surface area contributed by atoms with Crippen LogP contribution >= 0.6 is 0 Å². The lowest BCUT2D eigenvalue weighted by atomic mass is 10.2. The molecule has 2 amide bonds. The van der Waals surface area contributed by atoms with E-state index in [1.54, 1.807) is 20.2 Å². The average Bonchev–Trinajstić information content (AvgIpc) is 2.59. The fourth-order valence-corrected chi connectivity index (χ4v) is 3.80. The van der Waals surface area contributed by atoms with Gasteiger partial charge in [-0.1, -0.05) is 6.07 Å². The molecule has 1 fully saturated rings. The molecule has 1 heterocycles. The van der Waals surface area contributed by atoms with Gasteiger partial charge in [-0.25, -0.2) is 8.42 Å². The lowest BCUT2D eigenvalue weighted by Crippen LogP contribution is -2.49. The molecule has 0 radical (unpaired) electrons. The van der Waals surface area contributed by atoms with Gasteiger partial charge in [0.15, 0.2) is 0 Å². The van der Waals surface area contributed by atoms with Gasteiger partial charge in [0.25, 0.3) is 5.91 Å². The molecule has 0 aromatic heterocycles. The van der Waals surface area contributed by atoms with Gasteiger partial charge < -0.3 is 15.5 Å². The fraction of sp³-hybridized carbons (Fsp3) is 0.467. The van der Waals surface area contributed by atoms with Crippen molar-refractivity contribution >= 4 is 21.8 Å². The Labute approximate surface area is 141 Å². The largest absolute Gasteiger partial charge is 0.354 e. The monoisotopic (exact) mass is 354 g/mol. The second kappa shape index (κ2) is 7.73. The third-order valence-corrected chi connectivity index (χ3v) is 5.61. The first kappa shape index (κ1) is 18.4. The van der Waals surface area contributed by atoms with Crippen molar-refractivity contribution < 1.29 is 18.0 Å². The Morgan fingerprint density at radius 3 is 2.83 bits per heavy atom. The van der Waals surface area contributed by atoms with Crippen LogP contribution in [0.2, 0.25) is 0 Å². The van der Waals surface area contributed by atoms with Crippen LogP contribution in [0.5, 0.6) is 0 Å². The molecule has 1 saturated heterocycles. The highest BCUT2D eigenvalue weighted by atomic mass is 32.2. The van der Waals surface area contributed by atoms with Crippen molar-refractivity contribution in [2.45, 2.75) is 4.90 Å². The molecule has 0 atom stereocenters. The predicted molar refractivity (Wildman–Crippen MR) is 89.1 cm³/mol. The lowest BCUT2D eigenvalue weighted by molar-refractivity contribution is -0.122. The number of carbonyl (C=O) groups is 2. The molecule has 1 aromatic rings. The van der Waals surface area contributed by atoms with Crippen molar-refractivity contribution in [3.05, 3.63) is 29.8 Å². The summed E-state index contributed by atoms with van der Waals surface area (Å²) in [7, 11) is -0.350. The maximum absolute atomic E-state index is 12.7. The quantitative estimate of drug-likeness (QED) is 0.690. The first-order chi connectivity index (χ1) is 11.4. The topological polar surface area (TPSA) is 98.8 Å². The Kier molecular flexibility index (Phi) is 5.92. The Hall–Kier alpha value is -1.97. The van der Waals surface area contributed by atoms with Crippen molar-refractivity contribution in [3.63, 3.8) is 0 Å². The molecule has 0 spiro atoms. The molecule has 132 valence electrons. The Balaban J connectivity index is 2.23. The summed E-state index contributed by atoms with van der Waals surface area (Å²) in [6.07, 6.45) is 0. The summed E-state index contributed by atoms with van der Waals surface area (Å²) in [5.74, 6) is -0.581. The first-order valence-electron chi connectivity index (χ1n) is 7.63. The van der Waals surface area contributed by atoms with Gasteiger partial charge in [0.1, 0.15) is 0 Å². The third-order valence-electron chi connectivity index (χ3n) is 3.77. The van der Waals surface area contributed by atoms with Gasteiger partial charge >= 0.3 is 0 Å². The Morgan fingerprint density at radius 2 is 2.17 bits per heavy atom. The van der Waals surface area contributed by atoms with Crippen molar-refractivity contribution in [3.8, 4) is 0 Å². The number of amides is 2. The number of nitrogens with one attached hydrogen (secondary N) is 2. The van der Waals surface area contributed by atoms with E-state index in [4.69, 9.17) is 0 Å². The average molecular weight is 354 g/mol. The van der Waals surface area contributed by atoms with Gasteiger partial charge in [0.2, 0.25) is 15.9 Å². The van der Waals surface area contributed by atoms with Crippen LogP contribution < -0.4 is 10.6 Å². The molecule has 1 aliphatic rings. The summed E-state index contributed by atoms with van der Waals surface area (Å²) in [5.41, 5.74) is 0.302. The highest BCUT2D eigenvalue weighted by Gasteiger charge is 2.29. The Bertz CT molecular complexity index is 720. The van der Waals surface area contributed by atoms with Crippen LogP contribution in [0.4, 0.5) is 0 Å². The van der Waals surface area contributed by atoms with E-state index in [-0.39, 0.29) is 36.3 Å². The third kappa shape index (κ3) is 4.11. The molecule has 24 heavy (non-hydrogen) atoms. The molecule has 8 nitrogen and oxygen atoms in total. The minimum absolute atomic E-state index is 0.0186. The zero-order valence-corrected chi connectivity index (χ0v) is 14.6. The predicted octanol–water partition coefficient (Wildman–Crippen LogP) is -0.901. The minimum Gasteiger partial charge on any atom is -0.354 e. The van der Waals surface area contributed by atoms with Gasteiger partial charge in [-0.3, -0.25) is 9.59 Å². The van der Waals surface area contributed by atoms with E-state index < -0.39 is 10.0 Å². The second-order valence-corrected chi connectivity index (χ2v) is 7.48. The molecule has 1 aromatic carbocycles. The normalized spacial score (nSPS) is 15.8. The molecule has 0 saturated carbocycles. The first-order valence-corrected chi connectivity index (χ1v) is 9.07. The second-order valence-electron chi connectivity index (χ2n) is 5.55. The number of hydrogen-bond acceptors (Lipinski definition) is 5. The molecule has 0 bridgehead atoms. The number of hydrogen-bond donors (Lipinski definition) is 2. The van der Waals surface area contributed by atoms with Crippen molar-refractivity contribution in [1.82, 2.24) is 19.8 Å². The standard InChI is InChI=1S/C15H22N4O4S/c1-16-6-8-18(2)15(21)12-4-3-5-13(10-12)24(22,23)19-9-7-17-14(20)11-19/h3-5,10,16H,6-9,11H2,1-2H3,(H,17,20). The molecule has 0 unspecified atom stereocenters. The van der Waals surface area contributed by atoms with E-state index in [2.05, 4.69) is 10.6 Å². The van der Waals surface area contributed by atoms with Crippen molar-refractivity contribution in [2.24, 2.45) is 0 Å². The van der Waals surface area contributed by atoms with E-state index >= 15 is 0 Å². The number of carbonyl (C=O) groups excluding carboxylic acids is 2. The van der Waals surface area contributed by atoms with E-state index in [9.17, 15) is 18.0 Å². The molecule has 2 N–H and O–H groups in total. The molecular weight excluding hydrogens is 332 g/mol. The summed E-state index contributed by atoms with van der Waals surface area (Å²) in [6, 6.07) is 5.92. The maximum Gasteiger partial charge on any atom is 0.253 e. The zero-order chi connectivity index (χ0) is 17.7. The molecule has 2 rings (SSSR count). The SMILES string of the molecule is CNCCN(C)C(=O)c1cccc(S(=O)(=O)N2CCNC(=O)C2)c1. The maximum atomic E-state index is 12.7. The van der Waals surface area contributed by atoms with Crippen LogP contribution in [-0.2, 0) is 14.8 Å². The summed E-state index contributed by atoms with van der Waals surface area (Å²) >= 11 is 0. The highest BCUT2D eigenvalue weighted by Crippen LogP contribution is 2.18.